The Labute approximate surface area is 82.9 Å². The number of rotatable bonds is 3. The molecule has 0 aliphatic carbocycles. The molecule has 2 N–H and O–H groups in total. The van der Waals surface area contributed by atoms with Gasteiger partial charge in [0.05, 0.1) is 0 Å². The molecule has 13 heavy (non-hydrogen) atoms. The number of nitrogens with two attached hydrogens (primary N) is 1. The van der Waals surface area contributed by atoms with Crippen LogP contribution in [0.4, 0.5) is 0 Å². The Morgan fingerprint density at radius 3 is 2.92 bits per heavy atom. The minimum Gasteiger partial charge on any atom is -0.366 e. The van der Waals surface area contributed by atoms with Crippen molar-refractivity contribution >= 4 is 24.6 Å². The number of hydrogen-bond donors (Lipinski definition) is 2. The third kappa shape index (κ3) is 3.34. The van der Waals surface area contributed by atoms with E-state index >= 15 is 0 Å². The zero-order valence-corrected chi connectivity index (χ0v) is 8.00. The van der Waals surface area contributed by atoms with Gasteiger partial charge in [-0.2, -0.15) is 12.6 Å². The highest BCUT2D eigenvalue weighted by Crippen LogP contribution is 2.08. The van der Waals surface area contributed by atoms with Crippen LogP contribution in [0.1, 0.15) is 11.1 Å². The number of benzene rings is 1. The van der Waals surface area contributed by atoms with Crippen molar-refractivity contribution in [3.05, 3.63) is 41.5 Å². The first-order chi connectivity index (χ1) is 6.22. The molecule has 1 amide bonds. The van der Waals surface area contributed by atoms with Crippen LogP contribution in [0.2, 0.25) is 0 Å². The molecule has 0 radical (unpaired) electrons. The van der Waals surface area contributed by atoms with E-state index in [1.807, 2.05) is 24.3 Å². The molecule has 0 spiro atoms. The minimum absolute atomic E-state index is 0.434. The SMILES string of the molecule is NC(=O)C=Cc1cccc(CS)c1. The molecule has 0 fully saturated rings. The van der Waals surface area contributed by atoms with Crippen molar-refractivity contribution in [2.75, 3.05) is 0 Å². The van der Waals surface area contributed by atoms with Gasteiger partial charge >= 0.3 is 0 Å². The van der Waals surface area contributed by atoms with Gasteiger partial charge in [0.1, 0.15) is 0 Å². The largest absolute Gasteiger partial charge is 0.366 e. The van der Waals surface area contributed by atoms with Gasteiger partial charge in [-0.1, -0.05) is 24.3 Å². The molecule has 0 aliphatic heterocycles. The highest BCUT2D eigenvalue weighted by Gasteiger charge is 1.91. The van der Waals surface area contributed by atoms with Crippen LogP contribution >= 0.6 is 12.6 Å². The van der Waals surface area contributed by atoms with Gasteiger partial charge in [-0.05, 0) is 17.2 Å². The van der Waals surface area contributed by atoms with Crippen LogP contribution in [0.15, 0.2) is 30.3 Å². The normalized spacial score (nSPS) is 10.5. The molecule has 1 rings (SSSR count). The maximum absolute atomic E-state index is 10.4. The Bertz CT molecular complexity index is 333. The van der Waals surface area contributed by atoms with Crippen LogP contribution in [-0.4, -0.2) is 5.91 Å². The molecule has 0 aliphatic rings. The Hall–Kier alpha value is -1.22. The summed E-state index contributed by atoms with van der Waals surface area (Å²) >= 11 is 4.15. The molecular formula is C10H11NOS. The summed E-state index contributed by atoms with van der Waals surface area (Å²) in [4.78, 5) is 10.4. The third-order valence-corrected chi connectivity index (χ3v) is 1.94. The number of amides is 1. The predicted octanol–water partition coefficient (Wildman–Crippen LogP) is 1.61. The summed E-state index contributed by atoms with van der Waals surface area (Å²) in [6.07, 6.45) is 3.03. The Morgan fingerprint density at radius 2 is 2.31 bits per heavy atom. The first-order valence-electron chi connectivity index (χ1n) is 3.89. The highest BCUT2D eigenvalue weighted by molar-refractivity contribution is 7.79. The maximum Gasteiger partial charge on any atom is 0.241 e. The first kappa shape index (κ1) is 9.86. The molecule has 0 bridgehead atoms. The number of hydrogen-bond acceptors (Lipinski definition) is 2. The lowest BCUT2D eigenvalue weighted by Crippen LogP contribution is -2.05. The Balaban J connectivity index is 2.83. The molecule has 0 atom stereocenters. The van der Waals surface area contributed by atoms with Crippen LogP contribution in [0.5, 0.6) is 0 Å². The summed E-state index contributed by atoms with van der Waals surface area (Å²) in [7, 11) is 0. The van der Waals surface area contributed by atoms with Crippen molar-refractivity contribution in [1.29, 1.82) is 0 Å². The first-order valence-corrected chi connectivity index (χ1v) is 4.53. The topological polar surface area (TPSA) is 43.1 Å². The number of carbonyl (C=O) groups excluding carboxylic acids is 1. The predicted molar refractivity (Wildman–Crippen MR) is 57.4 cm³/mol. The molecule has 68 valence electrons. The molecule has 0 saturated heterocycles. The van der Waals surface area contributed by atoms with Gasteiger partial charge in [-0.3, -0.25) is 4.79 Å². The second kappa shape index (κ2) is 4.72. The van der Waals surface area contributed by atoms with E-state index in [4.69, 9.17) is 5.73 Å². The number of carbonyl (C=O) groups is 1. The van der Waals surface area contributed by atoms with Crippen molar-refractivity contribution in [3.8, 4) is 0 Å². The summed E-state index contributed by atoms with van der Waals surface area (Å²) in [5.41, 5.74) is 7.05. The second-order valence-corrected chi connectivity index (χ2v) is 2.96. The van der Waals surface area contributed by atoms with Crippen LogP contribution < -0.4 is 5.73 Å². The number of primary amides is 1. The van der Waals surface area contributed by atoms with Gasteiger partial charge in [0, 0.05) is 11.8 Å². The lowest BCUT2D eigenvalue weighted by molar-refractivity contribution is -0.113. The summed E-state index contributed by atoms with van der Waals surface area (Å²) in [6.45, 7) is 0. The van der Waals surface area contributed by atoms with Crippen molar-refractivity contribution in [1.82, 2.24) is 0 Å². The summed E-state index contributed by atoms with van der Waals surface area (Å²) in [5, 5.41) is 0. The van der Waals surface area contributed by atoms with Gasteiger partial charge in [-0.15, -0.1) is 0 Å². The average molecular weight is 193 g/mol. The van der Waals surface area contributed by atoms with E-state index in [9.17, 15) is 4.79 Å². The summed E-state index contributed by atoms with van der Waals surface area (Å²) in [6, 6.07) is 7.78. The lowest BCUT2D eigenvalue weighted by atomic mass is 10.1. The third-order valence-electron chi connectivity index (χ3n) is 1.57. The Morgan fingerprint density at radius 1 is 1.54 bits per heavy atom. The fraction of sp³-hybridized carbons (Fsp3) is 0.100. The molecular weight excluding hydrogens is 182 g/mol. The van der Waals surface area contributed by atoms with Crippen molar-refractivity contribution < 1.29 is 4.79 Å². The van der Waals surface area contributed by atoms with E-state index in [1.165, 1.54) is 6.08 Å². The van der Waals surface area contributed by atoms with E-state index in [0.29, 0.717) is 5.75 Å². The average Bonchev–Trinajstić information content (AvgIpc) is 2.15. The highest BCUT2D eigenvalue weighted by atomic mass is 32.1. The monoisotopic (exact) mass is 193 g/mol. The van der Waals surface area contributed by atoms with Gasteiger partial charge in [0.15, 0.2) is 0 Å². The molecule has 0 heterocycles. The standard InChI is InChI=1S/C10H11NOS/c11-10(12)5-4-8-2-1-3-9(6-8)7-13/h1-6,13H,7H2,(H2,11,12). The summed E-state index contributed by atoms with van der Waals surface area (Å²) in [5.74, 6) is 0.259. The smallest absolute Gasteiger partial charge is 0.241 e. The van der Waals surface area contributed by atoms with E-state index in [1.54, 1.807) is 6.08 Å². The van der Waals surface area contributed by atoms with E-state index in [0.717, 1.165) is 11.1 Å². The van der Waals surface area contributed by atoms with Crippen molar-refractivity contribution in [3.63, 3.8) is 0 Å². The fourth-order valence-corrected chi connectivity index (χ4v) is 1.17. The summed E-state index contributed by atoms with van der Waals surface area (Å²) < 4.78 is 0. The van der Waals surface area contributed by atoms with E-state index in [2.05, 4.69) is 12.6 Å². The zero-order valence-electron chi connectivity index (χ0n) is 7.10. The lowest BCUT2D eigenvalue weighted by Gasteiger charge is -1.96. The quantitative estimate of drug-likeness (QED) is 0.556. The molecule has 0 aromatic heterocycles. The molecule has 3 heteroatoms. The van der Waals surface area contributed by atoms with E-state index < -0.39 is 5.91 Å². The number of thiol groups is 1. The fourth-order valence-electron chi connectivity index (χ4n) is 0.973. The zero-order chi connectivity index (χ0) is 9.68. The van der Waals surface area contributed by atoms with Gasteiger partial charge < -0.3 is 5.73 Å². The second-order valence-electron chi connectivity index (χ2n) is 2.64. The van der Waals surface area contributed by atoms with Crippen molar-refractivity contribution in [2.45, 2.75) is 5.75 Å². The van der Waals surface area contributed by atoms with Crippen molar-refractivity contribution in [2.24, 2.45) is 5.73 Å². The van der Waals surface area contributed by atoms with Gasteiger partial charge in [-0.25, -0.2) is 0 Å². The Kier molecular flexibility index (Phi) is 3.58. The molecule has 2 nitrogen and oxygen atoms in total. The van der Waals surface area contributed by atoms with E-state index in [-0.39, 0.29) is 0 Å². The molecule has 1 aromatic carbocycles. The molecule has 0 saturated carbocycles. The molecule has 0 unspecified atom stereocenters. The van der Waals surface area contributed by atoms with Gasteiger partial charge in [0.2, 0.25) is 5.91 Å². The van der Waals surface area contributed by atoms with Crippen LogP contribution in [0.25, 0.3) is 6.08 Å². The van der Waals surface area contributed by atoms with Gasteiger partial charge in [0.25, 0.3) is 0 Å². The van der Waals surface area contributed by atoms with Crippen LogP contribution in [0.3, 0.4) is 0 Å². The van der Waals surface area contributed by atoms with Crippen LogP contribution in [0, 0.1) is 0 Å². The minimum atomic E-state index is -0.434. The van der Waals surface area contributed by atoms with Crippen LogP contribution in [-0.2, 0) is 10.5 Å². The molecule has 1 aromatic rings. The maximum atomic E-state index is 10.4.